The molecule has 0 aliphatic heterocycles. The molecule has 2 atom stereocenters. The molecule has 0 rings (SSSR count). The van der Waals surface area contributed by atoms with Gasteiger partial charge in [0.25, 0.3) is 0 Å². The highest BCUT2D eigenvalue weighted by Gasteiger charge is 2.26. The maximum Gasteiger partial charge on any atom is 0.542 e. The zero-order valence-corrected chi connectivity index (χ0v) is 5.14. The highest BCUT2D eigenvalue weighted by atomic mass is 31.1. The maximum absolute atomic E-state index is 11.9. The maximum atomic E-state index is 11.9. The van der Waals surface area contributed by atoms with Crippen molar-refractivity contribution < 1.29 is 13.8 Å². The van der Waals surface area contributed by atoms with Gasteiger partial charge < -0.3 is 5.73 Å². The smallest absolute Gasteiger partial charge is 0.330 e. The largest absolute Gasteiger partial charge is 0.542 e. The van der Waals surface area contributed by atoms with E-state index in [1.807, 2.05) is 0 Å². The van der Waals surface area contributed by atoms with Crippen LogP contribution in [0.3, 0.4) is 0 Å². The lowest BCUT2D eigenvalue weighted by Gasteiger charge is -1.86. The predicted octanol–water partition coefficient (Wildman–Crippen LogP) is 0.366. The summed E-state index contributed by atoms with van der Waals surface area (Å²) in [5, 5.41) is 0. The molecule has 0 radical (unpaired) electrons. The summed E-state index contributed by atoms with van der Waals surface area (Å²) in [6.07, 6.45) is -0.0360. The third-order valence-corrected chi connectivity index (χ3v) is 1.38. The molecule has 0 bridgehead atoms. The van der Waals surface area contributed by atoms with E-state index in [-0.39, 0.29) is 13.0 Å². The Hall–Kier alpha value is -0.0500. The van der Waals surface area contributed by atoms with E-state index in [9.17, 15) is 8.96 Å². The summed E-state index contributed by atoms with van der Waals surface area (Å²) in [5.41, 5.74) is 4.89. The molecule has 0 aromatic rings. The van der Waals surface area contributed by atoms with Crippen molar-refractivity contribution in [3.63, 3.8) is 0 Å². The van der Waals surface area contributed by atoms with Gasteiger partial charge in [0, 0.05) is 6.42 Å². The van der Waals surface area contributed by atoms with Crippen LogP contribution in [0.5, 0.6) is 0 Å². The average Bonchev–Trinajstić information content (AvgIpc) is 1.67. The van der Waals surface area contributed by atoms with E-state index in [0.29, 0.717) is 0 Å². The number of rotatable bonds is 3. The van der Waals surface area contributed by atoms with E-state index in [1.165, 1.54) is 0 Å². The van der Waals surface area contributed by atoms with E-state index in [0.717, 1.165) is 0 Å². The fourth-order valence-electron chi connectivity index (χ4n) is 0.248. The zero-order valence-electron chi connectivity index (χ0n) is 4.25. The van der Waals surface area contributed by atoms with Crippen LogP contribution in [-0.2, 0) is 4.57 Å². The van der Waals surface area contributed by atoms with Crippen LogP contribution in [0, 0.1) is 0 Å². The van der Waals surface area contributed by atoms with Crippen molar-refractivity contribution in [2.45, 2.75) is 12.3 Å². The van der Waals surface area contributed by atoms with Gasteiger partial charge in [0.15, 0.2) is 0 Å². The molecule has 0 heterocycles. The van der Waals surface area contributed by atoms with Crippen molar-refractivity contribution in [1.29, 1.82) is 0 Å². The summed E-state index contributed by atoms with van der Waals surface area (Å²) in [5.74, 6) is -1.64. The Balaban J connectivity index is 3.32. The molecular weight excluding hydrogens is 132 g/mol. The third kappa shape index (κ3) is 3.02. The molecule has 0 aliphatic rings. The first-order valence-corrected chi connectivity index (χ1v) is 3.46. The van der Waals surface area contributed by atoms with Gasteiger partial charge in [0.1, 0.15) is 0 Å². The van der Waals surface area contributed by atoms with Crippen LogP contribution in [0.15, 0.2) is 0 Å². The first-order valence-electron chi connectivity index (χ1n) is 2.18. The second kappa shape index (κ2) is 3.89. The number of alkyl halides is 1. The first-order chi connectivity index (χ1) is 3.68. The van der Waals surface area contributed by atoms with Crippen molar-refractivity contribution in [3.8, 4) is 0 Å². The second-order valence-corrected chi connectivity index (χ2v) is 2.48. The molecule has 8 heavy (non-hydrogen) atoms. The van der Waals surface area contributed by atoms with Gasteiger partial charge in [-0.15, -0.1) is 0 Å². The van der Waals surface area contributed by atoms with E-state index >= 15 is 0 Å². The average molecular weight is 140 g/mol. The molecule has 0 aromatic heterocycles. The molecule has 5 heteroatoms. The fourth-order valence-corrected chi connectivity index (χ4v) is 0.618. The summed E-state index contributed by atoms with van der Waals surface area (Å²) in [6.45, 7) is 0.114. The van der Waals surface area contributed by atoms with Crippen LogP contribution in [-0.4, -0.2) is 17.4 Å². The Labute approximate surface area is 47.6 Å². The van der Waals surface area contributed by atoms with Gasteiger partial charge in [-0.1, -0.05) is 0 Å². The molecule has 0 aromatic carbocycles. The van der Waals surface area contributed by atoms with Crippen LogP contribution >= 0.6 is 8.03 Å². The molecule has 3 N–H and O–H groups in total. The molecule has 0 amide bonds. The van der Waals surface area contributed by atoms with Gasteiger partial charge in [-0.05, 0) is 11.1 Å². The fraction of sp³-hybridized carbons (Fsp3) is 1.00. The molecule has 0 saturated carbocycles. The first kappa shape index (κ1) is 7.95. The lowest BCUT2D eigenvalue weighted by Crippen LogP contribution is -2.05. The minimum atomic E-state index is -2.66. The lowest BCUT2D eigenvalue weighted by atomic mass is 10.5. The minimum absolute atomic E-state index is 0.0360. The van der Waals surface area contributed by atoms with Crippen molar-refractivity contribution in [3.05, 3.63) is 0 Å². The quantitative estimate of drug-likeness (QED) is 0.556. The lowest BCUT2D eigenvalue weighted by molar-refractivity contribution is 0.374. The van der Waals surface area contributed by atoms with Gasteiger partial charge in [0.05, 0.1) is 0 Å². The predicted molar refractivity (Wildman–Crippen MR) is 28.4 cm³/mol. The standard InChI is InChI=1S/C3H7FNO2P/c4-3(1-2-5)8(6)7/h3H,1-2,5H2/p+1. The summed E-state index contributed by atoms with van der Waals surface area (Å²) in [7, 11) is -2.66. The van der Waals surface area contributed by atoms with Gasteiger partial charge in [0.2, 0.25) is 0 Å². The normalized spacial score (nSPS) is 15.6. The number of nitrogens with two attached hydrogens (primary N) is 1. The SMILES string of the molecule is NCCC(F)[P+](=O)O. The van der Waals surface area contributed by atoms with Gasteiger partial charge in [-0.2, -0.15) is 9.28 Å². The van der Waals surface area contributed by atoms with Gasteiger partial charge in [-0.25, -0.2) is 0 Å². The van der Waals surface area contributed by atoms with Crippen molar-refractivity contribution in [1.82, 2.24) is 0 Å². The molecule has 0 spiro atoms. The van der Waals surface area contributed by atoms with Crippen LogP contribution in [0.1, 0.15) is 6.42 Å². The van der Waals surface area contributed by atoms with E-state index in [1.54, 1.807) is 0 Å². The Bertz CT molecular complexity index is 89.4. The third-order valence-electron chi connectivity index (χ3n) is 0.645. The minimum Gasteiger partial charge on any atom is -0.330 e. The molecule has 0 aliphatic carbocycles. The van der Waals surface area contributed by atoms with Crippen LogP contribution in [0.2, 0.25) is 0 Å². The summed E-state index contributed by atoms with van der Waals surface area (Å²) in [6, 6.07) is 0. The Morgan fingerprint density at radius 3 is 2.50 bits per heavy atom. The topological polar surface area (TPSA) is 63.3 Å². The number of hydrogen-bond donors (Lipinski definition) is 2. The monoisotopic (exact) mass is 140 g/mol. The summed E-state index contributed by atoms with van der Waals surface area (Å²) in [4.78, 5) is 8.03. The number of hydrogen-bond acceptors (Lipinski definition) is 2. The van der Waals surface area contributed by atoms with Crippen molar-refractivity contribution in [2.75, 3.05) is 6.54 Å². The number of halogens is 1. The molecule has 0 saturated heterocycles. The molecule has 0 fully saturated rings. The molecule has 3 nitrogen and oxygen atoms in total. The Kier molecular flexibility index (Phi) is 3.87. The highest BCUT2D eigenvalue weighted by molar-refractivity contribution is 7.38. The van der Waals surface area contributed by atoms with Crippen LogP contribution in [0.25, 0.3) is 0 Å². The van der Waals surface area contributed by atoms with E-state index in [4.69, 9.17) is 10.6 Å². The highest BCUT2D eigenvalue weighted by Crippen LogP contribution is 2.25. The molecule has 48 valence electrons. The zero-order chi connectivity index (χ0) is 6.57. The second-order valence-electron chi connectivity index (χ2n) is 1.31. The van der Waals surface area contributed by atoms with E-state index in [2.05, 4.69) is 0 Å². The Morgan fingerprint density at radius 1 is 1.88 bits per heavy atom. The van der Waals surface area contributed by atoms with Crippen molar-refractivity contribution >= 4 is 8.03 Å². The van der Waals surface area contributed by atoms with E-state index < -0.39 is 13.9 Å². The van der Waals surface area contributed by atoms with Gasteiger partial charge in [-0.3, -0.25) is 0 Å². The van der Waals surface area contributed by atoms with Gasteiger partial charge >= 0.3 is 13.9 Å². The Morgan fingerprint density at radius 2 is 2.38 bits per heavy atom. The van der Waals surface area contributed by atoms with Crippen LogP contribution in [0.4, 0.5) is 4.39 Å². The summed E-state index contributed by atoms with van der Waals surface area (Å²) >= 11 is 0. The van der Waals surface area contributed by atoms with Crippen molar-refractivity contribution in [2.24, 2.45) is 5.73 Å². The van der Waals surface area contributed by atoms with Crippen LogP contribution < -0.4 is 5.73 Å². The molecular formula is C3H8FNO2P+. The summed E-state index contributed by atoms with van der Waals surface area (Å²) < 4.78 is 21.7. The molecule has 2 unspecified atom stereocenters.